The first kappa shape index (κ1) is 23.8. The number of fused-ring (bicyclic) bond motifs is 5. The van der Waals surface area contributed by atoms with E-state index < -0.39 is 28.3 Å². The maximum Gasteiger partial charge on any atom is 0.269 e. The number of ketones is 3. The van der Waals surface area contributed by atoms with Gasteiger partial charge in [-0.15, -0.1) is 0 Å². The van der Waals surface area contributed by atoms with Gasteiger partial charge >= 0.3 is 0 Å². The van der Waals surface area contributed by atoms with Gasteiger partial charge in [-0.05, 0) is 16.7 Å². The van der Waals surface area contributed by atoms with Gasteiger partial charge in [0.15, 0.2) is 17.3 Å². The van der Waals surface area contributed by atoms with E-state index in [9.17, 15) is 24.5 Å². The summed E-state index contributed by atoms with van der Waals surface area (Å²) in [5, 5.41) is 17.8. The monoisotopic (exact) mass is 527 g/mol. The number of nitro groups is 1. The Morgan fingerprint density at radius 3 is 2.05 bits per heavy atom. The van der Waals surface area contributed by atoms with Crippen LogP contribution in [0.2, 0.25) is 0 Å². The molecule has 8 nitrogen and oxygen atoms in total. The first-order valence-corrected chi connectivity index (χ1v) is 12.9. The van der Waals surface area contributed by atoms with E-state index in [2.05, 4.69) is 0 Å². The normalized spacial score (nSPS) is 21.7. The summed E-state index contributed by atoms with van der Waals surface area (Å²) in [6.07, 6.45) is 1.65. The lowest BCUT2D eigenvalue weighted by molar-refractivity contribution is -0.384. The highest BCUT2D eigenvalue weighted by Crippen LogP contribution is 2.64. The highest BCUT2D eigenvalue weighted by Gasteiger charge is 2.72. The van der Waals surface area contributed by atoms with Gasteiger partial charge in [0.05, 0.1) is 17.2 Å². The number of rotatable bonds is 4. The molecule has 2 aliphatic heterocycles. The van der Waals surface area contributed by atoms with Crippen LogP contribution in [0.15, 0.2) is 108 Å². The molecular weight excluding hydrogens is 506 g/mol. The van der Waals surface area contributed by atoms with Gasteiger partial charge in [-0.2, -0.15) is 5.10 Å². The van der Waals surface area contributed by atoms with E-state index in [4.69, 9.17) is 5.10 Å². The molecule has 8 heteroatoms. The van der Waals surface area contributed by atoms with Crippen LogP contribution in [0.3, 0.4) is 0 Å². The fourth-order valence-corrected chi connectivity index (χ4v) is 6.73. The lowest BCUT2D eigenvalue weighted by Crippen LogP contribution is -2.43. The van der Waals surface area contributed by atoms with Gasteiger partial charge in [-0.1, -0.05) is 91.0 Å². The highest BCUT2D eigenvalue weighted by atomic mass is 16.6. The van der Waals surface area contributed by atoms with Crippen molar-refractivity contribution in [3.05, 3.63) is 147 Å². The molecule has 4 aromatic carbocycles. The second-order valence-corrected chi connectivity index (χ2v) is 10.2. The lowest BCUT2D eigenvalue weighted by Gasteiger charge is -2.36. The first-order valence-electron chi connectivity index (χ1n) is 12.9. The van der Waals surface area contributed by atoms with Crippen LogP contribution in [-0.2, 0) is 0 Å². The van der Waals surface area contributed by atoms with Gasteiger partial charge in [-0.25, -0.2) is 0 Å². The van der Waals surface area contributed by atoms with Gasteiger partial charge in [0.25, 0.3) is 5.69 Å². The SMILES string of the molecule is O=C(c1ccccc1)[C@H]1[C@H](c2ccc([N+](=O)[O-])cc2)C2(C(=O)c3ccccc3C2=O)[C@H]2c3ccccc3C=NN12. The van der Waals surface area contributed by atoms with E-state index in [-0.39, 0.29) is 23.0 Å². The van der Waals surface area contributed by atoms with E-state index in [1.807, 2.05) is 24.3 Å². The maximum absolute atomic E-state index is 14.6. The van der Waals surface area contributed by atoms with Gasteiger partial charge in [-0.3, -0.25) is 29.5 Å². The minimum absolute atomic E-state index is 0.129. The third-order valence-corrected chi connectivity index (χ3v) is 8.37. The Labute approximate surface area is 228 Å². The number of nitro benzene ring substituents is 1. The summed E-state index contributed by atoms with van der Waals surface area (Å²) in [4.78, 5) is 54.6. The lowest BCUT2D eigenvalue weighted by atomic mass is 9.63. The molecule has 1 fully saturated rings. The first-order chi connectivity index (χ1) is 19.4. The molecule has 1 spiro atoms. The van der Waals surface area contributed by atoms with Gasteiger partial charge in [0.2, 0.25) is 0 Å². The van der Waals surface area contributed by atoms with Crippen LogP contribution < -0.4 is 0 Å². The predicted molar refractivity (Wildman–Crippen MR) is 147 cm³/mol. The standard InChI is InChI=1S/C32H21N3O5/c36-28(20-8-2-1-3-9-20)27-26(19-14-16-22(17-15-19)35(39)40)32(30(37)24-12-6-7-13-25(24)31(32)38)29-23-11-5-4-10-21(23)18-33-34(27)29/h1-18,26-27,29H/t26-,27+,29+/m0/s1. The second kappa shape index (κ2) is 8.64. The number of benzene rings is 4. The van der Waals surface area contributed by atoms with Crippen molar-refractivity contribution in [1.82, 2.24) is 5.01 Å². The Kier molecular flexibility index (Phi) is 5.15. The molecule has 0 bridgehead atoms. The zero-order valence-corrected chi connectivity index (χ0v) is 21.0. The minimum atomic E-state index is -1.72. The van der Waals surface area contributed by atoms with Crippen molar-refractivity contribution in [3.63, 3.8) is 0 Å². The van der Waals surface area contributed by atoms with E-state index in [1.54, 1.807) is 78.0 Å². The summed E-state index contributed by atoms with van der Waals surface area (Å²) < 4.78 is 0. The largest absolute Gasteiger partial charge is 0.293 e. The Hall–Kier alpha value is -5.24. The molecule has 194 valence electrons. The van der Waals surface area contributed by atoms with E-state index in [1.165, 1.54) is 12.1 Å². The van der Waals surface area contributed by atoms with Crippen LogP contribution in [0, 0.1) is 15.5 Å². The predicted octanol–water partition coefficient (Wildman–Crippen LogP) is 5.40. The molecule has 0 amide bonds. The topological polar surface area (TPSA) is 110 Å². The molecule has 0 N–H and O–H groups in total. The Balaban J connectivity index is 1.55. The van der Waals surface area contributed by atoms with Gasteiger partial charge < -0.3 is 0 Å². The minimum Gasteiger partial charge on any atom is -0.293 e. The van der Waals surface area contributed by atoms with Gasteiger partial charge in [0, 0.05) is 34.7 Å². The van der Waals surface area contributed by atoms with Crippen LogP contribution >= 0.6 is 0 Å². The zero-order valence-electron chi connectivity index (χ0n) is 21.0. The van der Waals surface area contributed by atoms with Crippen LogP contribution in [-0.4, -0.2) is 39.5 Å². The molecule has 0 aromatic heterocycles. The van der Waals surface area contributed by atoms with E-state index in [0.29, 0.717) is 22.3 Å². The molecule has 0 saturated carbocycles. The number of non-ortho nitro benzene ring substituents is 1. The molecule has 1 aliphatic carbocycles. The quantitative estimate of drug-likeness (QED) is 0.152. The number of hydrogen-bond acceptors (Lipinski definition) is 7. The summed E-state index contributed by atoms with van der Waals surface area (Å²) in [7, 11) is 0. The summed E-state index contributed by atoms with van der Waals surface area (Å²) in [6, 6.07) is 26.8. The number of carbonyl (C=O) groups is 3. The van der Waals surface area contributed by atoms with E-state index >= 15 is 0 Å². The molecule has 40 heavy (non-hydrogen) atoms. The van der Waals surface area contributed by atoms with Crippen molar-refractivity contribution in [1.29, 1.82) is 0 Å². The summed E-state index contributed by atoms with van der Waals surface area (Å²) in [5.41, 5.74) is 1.14. The summed E-state index contributed by atoms with van der Waals surface area (Å²) in [5.74, 6) is -2.01. The molecule has 4 aromatic rings. The van der Waals surface area contributed by atoms with Crippen molar-refractivity contribution >= 4 is 29.3 Å². The maximum atomic E-state index is 14.6. The Morgan fingerprint density at radius 1 is 0.800 bits per heavy atom. The fraction of sp³-hybridized carbons (Fsp3) is 0.125. The molecular formula is C32H21N3O5. The molecule has 3 aliphatic rings. The number of hydrazone groups is 1. The zero-order chi connectivity index (χ0) is 27.6. The molecule has 0 unspecified atom stereocenters. The number of carbonyl (C=O) groups excluding carboxylic acids is 3. The van der Waals surface area contributed by atoms with Crippen LogP contribution in [0.25, 0.3) is 0 Å². The summed E-state index contributed by atoms with van der Waals surface area (Å²) >= 11 is 0. The molecule has 1 saturated heterocycles. The van der Waals surface area contributed by atoms with Crippen LogP contribution in [0.1, 0.15) is 59.7 Å². The molecule has 0 radical (unpaired) electrons. The summed E-state index contributed by atoms with van der Waals surface area (Å²) in [6.45, 7) is 0. The third kappa shape index (κ3) is 3.07. The number of hydrogen-bond donors (Lipinski definition) is 0. The Bertz CT molecular complexity index is 1730. The van der Waals surface area contributed by atoms with Gasteiger partial charge in [0.1, 0.15) is 11.5 Å². The third-order valence-electron chi connectivity index (χ3n) is 8.37. The van der Waals surface area contributed by atoms with Crippen LogP contribution in [0.5, 0.6) is 0 Å². The van der Waals surface area contributed by atoms with Crippen LogP contribution in [0.4, 0.5) is 5.69 Å². The van der Waals surface area contributed by atoms with Crippen molar-refractivity contribution < 1.29 is 19.3 Å². The number of Topliss-reactive ketones (excluding diaryl/α,β-unsaturated/α-hetero) is 3. The molecule has 2 heterocycles. The van der Waals surface area contributed by atoms with Crippen molar-refractivity contribution in [2.45, 2.75) is 18.0 Å². The highest BCUT2D eigenvalue weighted by molar-refractivity contribution is 6.31. The van der Waals surface area contributed by atoms with E-state index in [0.717, 1.165) is 11.1 Å². The smallest absolute Gasteiger partial charge is 0.269 e. The van der Waals surface area contributed by atoms with Crippen molar-refractivity contribution in [2.75, 3.05) is 0 Å². The Morgan fingerprint density at radius 2 is 1.40 bits per heavy atom. The van der Waals surface area contributed by atoms with Crippen molar-refractivity contribution in [2.24, 2.45) is 10.5 Å². The second-order valence-electron chi connectivity index (χ2n) is 10.2. The fourth-order valence-electron chi connectivity index (χ4n) is 6.73. The average molecular weight is 528 g/mol. The number of nitrogens with zero attached hydrogens (tertiary/aromatic N) is 3. The van der Waals surface area contributed by atoms with Crippen molar-refractivity contribution in [3.8, 4) is 0 Å². The average Bonchev–Trinajstić information content (AvgIpc) is 3.43. The molecule has 3 atom stereocenters. The molecule has 7 rings (SSSR count).